The molecule has 1 atom stereocenters. The lowest BCUT2D eigenvalue weighted by Gasteiger charge is -2.29. The molecule has 0 bridgehead atoms. The molecular formula is C23H30O2. The van der Waals surface area contributed by atoms with E-state index in [4.69, 9.17) is 9.47 Å². The molecule has 0 aromatic heterocycles. The summed E-state index contributed by atoms with van der Waals surface area (Å²) in [6.45, 7) is 10.5. The van der Waals surface area contributed by atoms with Gasteiger partial charge >= 0.3 is 0 Å². The van der Waals surface area contributed by atoms with Crippen LogP contribution in [-0.2, 0) is 4.74 Å². The predicted molar refractivity (Wildman–Crippen MR) is 106 cm³/mol. The van der Waals surface area contributed by atoms with Crippen LogP contribution in [0.25, 0.3) is 16.8 Å². The Morgan fingerprint density at radius 3 is 2.44 bits per heavy atom. The molecule has 1 aliphatic carbocycles. The van der Waals surface area contributed by atoms with Crippen molar-refractivity contribution in [1.29, 1.82) is 0 Å². The predicted octanol–water partition coefficient (Wildman–Crippen LogP) is 6.58. The van der Waals surface area contributed by atoms with E-state index in [1.807, 2.05) is 12.1 Å². The number of rotatable bonds is 6. The summed E-state index contributed by atoms with van der Waals surface area (Å²) < 4.78 is 12.6. The van der Waals surface area contributed by atoms with Crippen LogP contribution in [0.2, 0.25) is 0 Å². The van der Waals surface area contributed by atoms with Crippen LogP contribution in [0.4, 0.5) is 0 Å². The Hall–Kier alpha value is -1.80. The lowest BCUT2D eigenvalue weighted by molar-refractivity contribution is -0.132. The Morgan fingerprint density at radius 2 is 1.76 bits per heavy atom. The summed E-state index contributed by atoms with van der Waals surface area (Å²) in [6, 6.07) is 12.6. The molecule has 134 valence electrons. The highest BCUT2D eigenvalue weighted by Crippen LogP contribution is 2.30. The summed E-state index contributed by atoms with van der Waals surface area (Å²) in [7, 11) is 0. The van der Waals surface area contributed by atoms with Crippen molar-refractivity contribution in [3.63, 3.8) is 0 Å². The van der Waals surface area contributed by atoms with Crippen LogP contribution in [0.1, 0.15) is 58.4 Å². The molecule has 2 aromatic carbocycles. The van der Waals surface area contributed by atoms with E-state index in [2.05, 4.69) is 57.7 Å². The molecule has 1 fully saturated rings. The molecule has 1 aliphatic rings. The molecular weight excluding hydrogens is 308 g/mol. The fraction of sp³-hybridized carbons (Fsp3) is 0.478. The molecule has 2 aromatic rings. The smallest absolute Gasteiger partial charge is 0.200 e. The molecule has 0 radical (unpaired) electrons. The van der Waals surface area contributed by atoms with Crippen molar-refractivity contribution >= 4 is 16.8 Å². The second kappa shape index (κ2) is 7.61. The highest BCUT2D eigenvalue weighted by molar-refractivity contribution is 5.85. The van der Waals surface area contributed by atoms with Gasteiger partial charge in [0.05, 0.1) is 6.10 Å². The van der Waals surface area contributed by atoms with E-state index in [0.717, 1.165) is 30.6 Å². The van der Waals surface area contributed by atoms with Gasteiger partial charge in [0.15, 0.2) is 0 Å². The maximum atomic E-state index is 6.30. The first kappa shape index (κ1) is 18.0. The minimum absolute atomic E-state index is 0.166. The van der Waals surface area contributed by atoms with E-state index in [-0.39, 0.29) is 11.7 Å². The molecule has 2 nitrogen and oxygen atoms in total. The summed E-state index contributed by atoms with van der Waals surface area (Å²) in [5.41, 5.74) is 1.30. The summed E-state index contributed by atoms with van der Waals surface area (Å²) in [6.07, 6.45) is 7.78. The molecule has 1 saturated carbocycles. The van der Waals surface area contributed by atoms with Gasteiger partial charge in [-0.1, -0.05) is 64.5 Å². The van der Waals surface area contributed by atoms with Crippen LogP contribution in [0.5, 0.6) is 5.75 Å². The van der Waals surface area contributed by atoms with E-state index in [1.165, 1.54) is 23.6 Å². The second-order valence-corrected chi connectivity index (χ2v) is 8.33. The largest absolute Gasteiger partial charge is 0.465 e. The van der Waals surface area contributed by atoms with Crippen molar-refractivity contribution in [2.75, 3.05) is 0 Å². The van der Waals surface area contributed by atoms with Crippen LogP contribution in [0.15, 0.2) is 43.0 Å². The van der Waals surface area contributed by atoms with Crippen molar-refractivity contribution in [3.05, 3.63) is 48.5 Å². The average Bonchev–Trinajstić information content (AvgIpc) is 3.05. The van der Waals surface area contributed by atoms with Gasteiger partial charge in [-0.2, -0.15) is 0 Å². The monoisotopic (exact) mass is 338 g/mol. The summed E-state index contributed by atoms with van der Waals surface area (Å²) >= 11 is 0. The first-order chi connectivity index (χ1) is 11.9. The number of fused-ring (bicyclic) bond motifs is 1. The second-order valence-electron chi connectivity index (χ2n) is 8.33. The Morgan fingerprint density at radius 1 is 1.08 bits per heavy atom. The molecule has 2 heteroatoms. The third-order valence-corrected chi connectivity index (χ3v) is 4.76. The summed E-state index contributed by atoms with van der Waals surface area (Å²) in [4.78, 5) is 0. The van der Waals surface area contributed by atoms with E-state index in [9.17, 15) is 0 Å². The van der Waals surface area contributed by atoms with Gasteiger partial charge in [0.2, 0.25) is 6.29 Å². The number of hydrogen-bond donors (Lipinski definition) is 0. The zero-order valence-corrected chi connectivity index (χ0v) is 15.8. The number of benzene rings is 2. The number of hydrogen-bond acceptors (Lipinski definition) is 2. The summed E-state index contributed by atoms with van der Waals surface area (Å²) in [5, 5.41) is 2.38. The van der Waals surface area contributed by atoms with Crippen molar-refractivity contribution < 1.29 is 9.47 Å². The van der Waals surface area contributed by atoms with Crippen molar-refractivity contribution in [2.24, 2.45) is 5.41 Å². The highest BCUT2D eigenvalue weighted by atomic mass is 16.7. The van der Waals surface area contributed by atoms with E-state index in [1.54, 1.807) is 0 Å². The van der Waals surface area contributed by atoms with E-state index >= 15 is 0 Å². The van der Waals surface area contributed by atoms with Gasteiger partial charge in [-0.3, -0.25) is 0 Å². The zero-order valence-electron chi connectivity index (χ0n) is 15.8. The minimum Gasteiger partial charge on any atom is -0.465 e. The molecule has 25 heavy (non-hydrogen) atoms. The molecule has 0 aliphatic heterocycles. The van der Waals surface area contributed by atoms with Gasteiger partial charge in [0, 0.05) is 6.42 Å². The third kappa shape index (κ3) is 5.09. The highest BCUT2D eigenvalue weighted by Gasteiger charge is 2.26. The normalized spacial score (nSPS) is 16.9. The van der Waals surface area contributed by atoms with Gasteiger partial charge in [0.1, 0.15) is 5.75 Å². The molecule has 0 heterocycles. The van der Waals surface area contributed by atoms with E-state index in [0.29, 0.717) is 6.10 Å². The van der Waals surface area contributed by atoms with Crippen LogP contribution >= 0.6 is 0 Å². The lowest BCUT2D eigenvalue weighted by atomic mass is 9.92. The molecule has 3 rings (SSSR count). The Labute approximate surface area is 151 Å². The maximum Gasteiger partial charge on any atom is 0.200 e. The van der Waals surface area contributed by atoms with Gasteiger partial charge in [0.25, 0.3) is 0 Å². The number of ether oxygens (including phenoxy) is 2. The fourth-order valence-electron chi connectivity index (χ4n) is 3.45. The van der Waals surface area contributed by atoms with Crippen molar-refractivity contribution in [2.45, 2.75) is 65.3 Å². The quantitative estimate of drug-likeness (QED) is 0.554. The lowest BCUT2D eigenvalue weighted by Crippen LogP contribution is -2.30. The first-order valence-corrected chi connectivity index (χ1v) is 9.41. The maximum absolute atomic E-state index is 6.30. The fourth-order valence-corrected chi connectivity index (χ4v) is 3.45. The van der Waals surface area contributed by atoms with Gasteiger partial charge < -0.3 is 9.47 Å². The summed E-state index contributed by atoms with van der Waals surface area (Å²) in [5.74, 6) is 0.881. The average molecular weight is 338 g/mol. The molecule has 0 amide bonds. The molecule has 0 spiro atoms. The first-order valence-electron chi connectivity index (χ1n) is 9.41. The Kier molecular flexibility index (Phi) is 5.48. The van der Waals surface area contributed by atoms with Crippen molar-refractivity contribution in [1.82, 2.24) is 0 Å². The Balaban J connectivity index is 1.77. The van der Waals surface area contributed by atoms with Crippen LogP contribution in [0.3, 0.4) is 0 Å². The molecule has 0 N–H and O–H groups in total. The Bertz CT molecular complexity index is 720. The third-order valence-electron chi connectivity index (χ3n) is 4.76. The van der Waals surface area contributed by atoms with Crippen LogP contribution < -0.4 is 4.74 Å². The minimum atomic E-state index is -0.187. The topological polar surface area (TPSA) is 18.5 Å². The van der Waals surface area contributed by atoms with Crippen LogP contribution in [0, 0.1) is 5.41 Å². The standard InChI is InChI=1S/C23H30O2/c1-5-17-10-11-19-15-21(13-12-18(19)14-17)25-22(16-23(2,3)4)24-20-8-6-7-9-20/h5,10-15,20,22H,1,6-9,16H2,2-4H3. The zero-order chi connectivity index (χ0) is 17.9. The van der Waals surface area contributed by atoms with E-state index < -0.39 is 0 Å². The molecule has 1 unspecified atom stereocenters. The van der Waals surface area contributed by atoms with Crippen LogP contribution in [-0.4, -0.2) is 12.4 Å². The molecule has 0 saturated heterocycles. The van der Waals surface area contributed by atoms with Crippen molar-refractivity contribution in [3.8, 4) is 5.75 Å². The van der Waals surface area contributed by atoms with Gasteiger partial charge in [-0.05, 0) is 52.8 Å². The SMILES string of the molecule is C=Cc1ccc2cc(OC(CC(C)(C)C)OC3CCCC3)ccc2c1. The van der Waals surface area contributed by atoms with Gasteiger partial charge in [-0.25, -0.2) is 0 Å². The van der Waals surface area contributed by atoms with Gasteiger partial charge in [-0.15, -0.1) is 0 Å².